The molecule has 0 radical (unpaired) electrons. The number of benzene rings is 2. The molecule has 0 atom stereocenters. The van der Waals surface area contributed by atoms with Crippen LogP contribution < -0.4 is 10.9 Å². The van der Waals surface area contributed by atoms with Crippen molar-refractivity contribution in [3.05, 3.63) is 76.3 Å². The molecule has 0 fully saturated rings. The lowest BCUT2D eigenvalue weighted by Gasteiger charge is -2.16. The smallest absolute Gasteiger partial charge is 0.291 e. The first-order chi connectivity index (χ1) is 12.5. The van der Waals surface area contributed by atoms with Crippen molar-refractivity contribution in [2.45, 2.75) is 20.4 Å². The molecule has 0 aliphatic rings. The number of nitrogens with one attached hydrogen (secondary N) is 1. The van der Waals surface area contributed by atoms with Gasteiger partial charge in [0, 0.05) is 17.8 Å². The summed E-state index contributed by atoms with van der Waals surface area (Å²) in [5.74, 6) is -0.680. The Labute approximate surface area is 150 Å². The van der Waals surface area contributed by atoms with E-state index in [4.69, 9.17) is 0 Å². The second-order valence-electron chi connectivity index (χ2n) is 5.77. The van der Waals surface area contributed by atoms with Gasteiger partial charge < -0.3 is 5.32 Å². The van der Waals surface area contributed by atoms with Crippen molar-refractivity contribution in [3.8, 4) is 11.3 Å². The van der Waals surface area contributed by atoms with Gasteiger partial charge in [-0.25, -0.2) is 9.07 Å². The van der Waals surface area contributed by atoms with E-state index in [1.54, 1.807) is 31.2 Å². The Bertz CT molecular complexity index is 996. The van der Waals surface area contributed by atoms with Crippen LogP contribution in [0.5, 0.6) is 0 Å². The zero-order valence-electron chi connectivity index (χ0n) is 14.5. The van der Waals surface area contributed by atoms with Gasteiger partial charge >= 0.3 is 0 Å². The molecule has 5 nitrogen and oxygen atoms in total. The number of halogens is 1. The fraction of sp³-hybridized carbons (Fsp3) is 0.150. The van der Waals surface area contributed by atoms with E-state index >= 15 is 0 Å². The highest BCUT2D eigenvalue weighted by atomic mass is 19.1. The van der Waals surface area contributed by atoms with Gasteiger partial charge in [-0.1, -0.05) is 18.2 Å². The number of nitrogens with zero attached hydrogens (tertiary/aromatic N) is 2. The summed E-state index contributed by atoms with van der Waals surface area (Å²) in [7, 11) is 0. The highest BCUT2D eigenvalue weighted by Crippen LogP contribution is 2.27. The summed E-state index contributed by atoms with van der Waals surface area (Å²) in [6, 6.07) is 14.8. The number of hydrogen-bond donors (Lipinski definition) is 1. The maximum atomic E-state index is 13.3. The minimum atomic E-state index is -0.385. The minimum Gasteiger partial charge on any atom is -0.350 e. The Hall–Kier alpha value is -3.28. The van der Waals surface area contributed by atoms with Crippen molar-refractivity contribution < 1.29 is 9.18 Å². The lowest BCUT2D eigenvalue weighted by Crippen LogP contribution is -2.28. The van der Waals surface area contributed by atoms with Gasteiger partial charge in [-0.15, -0.1) is 0 Å². The Morgan fingerprint density at radius 1 is 1.12 bits per heavy atom. The third-order valence-corrected chi connectivity index (χ3v) is 3.97. The average Bonchev–Trinajstić information content (AvgIpc) is 2.64. The SMILES string of the molecule is CCn1nc(-c2ccc(F)cc2)c(C(C)=O)c(Nc2ccccc2)c1=O. The molecule has 3 rings (SSSR count). The number of para-hydroxylation sites is 1. The first-order valence-corrected chi connectivity index (χ1v) is 8.25. The van der Waals surface area contributed by atoms with E-state index < -0.39 is 0 Å². The molecular weight excluding hydrogens is 333 g/mol. The van der Waals surface area contributed by atoms with Crippen LogP contribution >= 0.6 is 0 Å². The number of aryl methyl sites for hydroxylation is 1. The van der Waals surface area contributed by atoms with Gasteiger partial charge in [0.1, 0.15) is 17.2 Å². The maximum Gasteiger partial charge on any atom is 0.291 e. The highest BCUT2D eigenvalue weighted by Gasteiger charge is 2.22. The van der Waals surface area contributed by atoms with Crippen LogP contribution in [0.2, 0.25) is 0 Å². The summed E-state index contributed by atoms with van der Waals surface area (Å²) < 4.78 is 14.6. The molecule has 0 unspecified atom stereocenters. The van der Waals surface area contributed by atoms with Crippen LogP contribution in [0.25, 0.3) is 11.3 Å². The molecule has 0 saturated carbocycles. The summed E-state index contributed by atoms with van der Waals surface area (Å²) in [5.41, 5.74) is 1.57. The van der Waals surface area contributed by atoms with E-state index in [1.807, 2.05) is 18.2 Å². The van der Waals surface area contributed by atoms with Gasteiger partial charge in [-0.2, -0.15) is 5.10 Å². The van der Waals surface area contributed by atoms with Crippen LogP contribution in [0.4, 0.5) is 15.8 Å². The third-order valence-electron chi connectivity index (χ3n) is 3.97. The quantitative estimate of drug-likeness (QED) is 0.705. The zero-order valence-corrected chi connectivity index (χ0v) is 14.5. The van der Waals surface area contributed by atoms with Crippen molar-refractivity contribution in [1.82, 2.24) is 9.78 Å². The van der Waals surface area contributed by atoms with Crippen LogP contribution in [0.15, 0.2) is 59.4 Å². The predicted octanol–water partition coefficient (Wildman–Crippen LogP) is 4.02. The Balaban J connectivity index is 2.27. The van der Waals surface area contributed by atoms with Gasteiger partial charge in [0.05, 0.1) is 5.56 Å². The second-order valence-corrected chi connectivity index (χ2v) is 5.77. The first-order valence-electron chi connectivity index (χ1n) is 8.25. The molecule has 0 spiro atoms. The minimum absolute atomic E-state index is 0.167. The molecule has 1 heterocycles. The van der Waals surface area contributed by atoms with Gasteiger partial charge in [-0.3, -0.25) is 9.59 Å². The molecule has 0 aliphatic heterocycles. The second kappa shape index (κ2) is 7.31. The molecule has 132 valence electrons. The molecule has 1 aromatic heterocycles. The van der Waals surface area contributed by atoms with Crippen molar-refractivity contribution in [1.29, 1.82) is 0 Å². The maximum absolute atomic E-state index is 13.3. The van der Waals surface area contributed by atoms with Crippen LogP contribution in [-0.2, 0) is 6.54 Å². The average molecular weight is 351 g/mol. The monoisotopic (exact) mass is 351 g/mol. The fourth-order valence-electron chi connectivity index (χ4n) is 2.72. The van der Waals surface area contributed by atoms with Crippen LogP contribution in [-0.4, -0.2) is 15.6 Å². The lowest BCUT2D eigenvalue weighted by atomic mass is 10.0. The number of rotatable bonds is 5. The zero-order chi connectivity index (χ0) is 18.7. The number of aromatic nitrogens is 2. The summed E-state index contributed by atoms with van der Waals surface area (Å²) in [6.45, 7) is 3.52. The Morgan fingerprint density at radius 2 is 1.77 bits per heavy atom. The number of carbonyl (C=O) groups is 1. The summed E-state index contributed by atoms with van der Waals surface area (Å²) in [6.07, 6.45) is 0. The number of carbonyl (C=O) groups excluding carboxylic acids is 1. The van der Waals surface area contributed by atoms with E-state index in [1.165, 1.54) is 23.7 Å². The number of anilines is 2. The third kappa shape index (κ3) is 3.39. The first kappa shape index (κ1) is 17.5. The Kier molecular flexibility index (Phi) is 4.93. The molecular formula is C20H18FN3O2. The largest absolute Gasteiger partial charge is 0.350 e. The lowest BCUT2D eigenvalue weighted by molar-refractivity contribution is 0.101. The van der Waals surface area contributed by atoms with Crippen molar-refractivity contribution in [2.75, 3.05) is 5.32 Å². The Morgan fingerprint density at radius 3 is 2.35 bits per heavy atom. The predicted molar refractivity (Wildman–Crippen MR) is 99.3 cm³/mol. The van der Waals surface area contributed by atoms with Gasteiger partial charge in [-0.05, 0) is 50.2 Å². The van der Waals surface area contributed by atoms with Crippen LogP contribution in [0.3, 0.4) is 0 Å². The number of hydrogen-bond acceptors (Lipinski definition) is 4. The summed E-state index contributed by atoms with van der Waals surface area (Å²) in [5, 5.41) is 7.39. The van der Waals surface area contributed by atoms with E-state index in [-0.39, 0.29) is 28.4 Å². The topological polar surface area (TPSA) is 64.0 Å². The molecule has 6 heteroatoms. The highest BCUT2D eigenvalue weighted by molar-refractivity contribution is 6.05. The van der Waals surface area contributed by atoms with E-state index in [0.717, 1.165) is 0 Å². The molecule has 0 aliphatic carbocycles. The van der Waals surface area contributed by atoms with Crippen molar-refractivity contribution in [3.63, 3.8) is 0 Å². The van der Waals surface area contributed by atoms with Crippen LogP contribution in [0, 0.1) is 5.82 Å². The van der Waals surface area contributed by atoms with Crippen LogP contribution in [0.1, 0.15) is 24.2 Å². The van der Waals surface area contributed by atoms with E-state index in [2.05, 4.69) is 10.4 Å². The van der Waals surface area contributed by atoms with Crippen molar-refractivity contribution in [2.24, 2.45) is 0 Å². The number of Topliss-reactive ketones (excluding diaryl/α,β-unsaturated/α-hetero) is 1. The van der Waals surface area contributed by atoms with E-state index in [9.17, 15) is 14.0 Å². The van der Waals surface area contributed by atoms with Gasteiger partial charge in [0.25, 0.3) is 5.56 Å². The number of ketones is 1. The summed E-state index contributed by atoms with van der Waals surface area (Å²) in [4.78, 5) is 25.2. The molecule has 2 aromatic carbocycles. The molecule has 1 N–H and O–H groups in total. The molecule has 26 heavy (non-hydrogen) atoms. The van der Waals surface area contributed by atoms with Gasteiger partial charge in [0.15, 0.2) is 5.78 Å². The molecule has 0 saturated heterocycles. The van der Waals surface area contributed by atoms with Gasteiger partial charge in [0.2, 0.25) is 0 Å². The molecule has 3 aromatic rings. The fourth-order valence-corrected chi connectivity index (χ4v) is 2.72. The normalized spacial score (nSPS) is 10.6. The molecule has 0 bridgehead atoms. The standard InChI is InChI=1S/C20H18FN3O2/c1-3-24-20(26)19(22-16-7-5-4-6-8-16)17(13(2)25)18(23-24)14-9-11-15(21)12-10-14/h4-12,22H,3H2,1-2H3. The molecule has 0 amide bonds. The van der Waals surface area contributed by atoms with Crippen molar-refractivity contribution >= 4 is 17.2 Å². The van der Waals surface area contributed by atoms with E-state index in [0.29, 0.717) is 23.5 Å². The summed E-state index contributed by atoms with van der Waals surface area (Å²) >= 11 is 0.